The summed E-state index contributed by atoms with van der Waals surface area (Å²) in [4.78, 5) is 1.88. The van der Waals surface area contributed by atoms with Crippen LogP contribution in [0.15, 0.2) is 0 Å². The summed E-state index contributed by atoms with van der Waals surface area (Å²) in [5.41, 5.74) is 0. The molecule has 1 saturated heterocycles. The molecule has 1 nitrogen and oxygen atoms in total. The van der Waals surface area contributed by atoms with Crippen LogP contribution in [0.5, 0.6) is 0 Å². The molecule has 2 atom stereocenters. The second kappa shape index (κ2) is 16.0. The lowest BCUT2D eigenvalue weighted by Gasteiger charge is -2.12. The zero-order valence-corrected chi connectivity index (χ0v) is 16.5. The molecule has 25 heavy (non-hydrogen) atoms. The Hall–Kier alpha value is -0.255. The fraction of sp³-hybridized carbons (Fsp3) is 1.00. The lowest BCUT2D eigenvalue weighted by atomic mass is 10.1. The van der Waals surface area contributed by atoms with E-state index in [1.54, 1.807) is 0 Å². The number of likely N-dealkylation sites (tertiary alicyclic amines) is 1. The van der Waals surface area contributed by atoms with Crippen molar-refractivity contribution in [1.29, 1.82) is 0 Å². The van der Waals surface area contributed by atoms with Crippen molar-refractivity contribution in [2.24, 2.45) is 5.92 Å². The predicted octanol–water partition coefficient (Wildman–Crippen LogP) is 5.91. The normalized spacial score (nSPS) is 20.4. The summed E-state index contributed by atoms with van der Waals surface area (Å²) < 4.78 is 39.0. The Labute approximate surface area is 153 Å². The topological polar surface area (TPSA) is 4.44 Å². The summed E-state index contributed by atoms with van der Waals surface area (Å²) >= 11 is 0. The summed E-state index contributed by atoms with van der Waals surface area (Å²) in [6.07, 6.45) is 19.1. The van der Waals surface area contributed by atoms with Crippen LogP contribution in [0.2, 0.25) is 0 Å². The van der Waals surface area contributed by atoms with Gasteiger partial charge in [0.2, 0.25) is 0 Å². The summed E-state index contributed by atoms with van der Waals surface area (Å²) in [5.74, 6) is 0.988. The van der Waals surface area contributed by atoms with E-state index in [4.69, 9.17) is 0 Å². The van der Waals surface area contributed by atoms with Crippen LogP contribution in [0.3, 0.4) is 0 Å². The van der Waals surface area contributed by atoms with Crippen LogP contribution in [0, 0.1) is 5.92 Å². The van der Waals surface area contributed by atoms with E-state index in [1.807, 2.05) is 4.90 Å². The van der Waals surface area contributed by atoms with E-state index in [9.17, 15) is 17.3 Å². The lowest BCUT2D eigenvalue weighted by Crippen LogP contribution is -3.10. The predicted molar refractivity (Wildman–Crippen MR) is 101 cm³/mol. The summed E-state index contributed by atoms with van der Waals surface area (Å²) in [6, 6.07) is 0. The molecule has 1 rings (SSSR count). The fourth-order valence-corrected chi connectivity index (χ4v) is 3.59. The largest absolute Gasteiger partial charge is 0.673 e. The molecular weight excluding hydrogens is 329 g/mol. The van der Waals surface area contributed by atoms with E-state index < -0.39 is 7.25 Å². The number of nitrogens with one attached hydrogen (secondary N) is 1. The van der Waals surface area contributed by atoms with E-state index in [0.29, 0.717) is 0 Å². The van der Waals surface area contributed by atoms with Crippen molar-refractivity contribution in [3.8, 4) is 0 Å². The maximum atomic E-state index is 9.75. The first-order valence-corrected chi connectivity index (χ1v) is 10.5. The highest BCUT2D eigenvalue weighted by Gasteiger charge is 2.21. The Morgan fingerprint density at radius 1 is 0.760 bits per heavy atom. The molecule has 0 saturated carbocycles. The van der Waals surface area contributed by atoms with E-state index in [0.717, 1.165) is 5.92 Å². The van der Waals surface area contributed by atoms with Crippen molar-refractivity contribution in [2.45, 2.75) is 97.3 Å². The van der Waals surface area contributed by atoms with Gasteiger partial charge in [-0.25, -0.2) is 0 Å². The number of hydrogen-bond donors (Lipinski definition) is 1. The molecule has 0 amide bonds. The van der Waals surface area contributed by atoms with Gasteiger partial charge in [-0.05, 0) is 12.8 Å². The average Bonchev–Trinajstić information content (AvgIpc) is 2.92. The van der Waals surface area contributed by atoms with Crippen molar-refractivity contribution in [3.63, 3.8) is 0 Å². The minimum atomic E-state index is -6.00. The standard InChI is InChI=1S/C19H39N.BF4/c1-3-4-5-6-7-8-9-10-11-12-13-14-16-20-17-15-19(2)18-20;2-1(3,4)5/h19H,3-18H2,1-2H3;/q;-1/p+1. The Morgan fingerprint density at radius 2 is 1.16 bits per heavy atom. The molecule has 1 fully saturated rings. The Balaban J connectivity index is 0.00000101. The summed E-state index contributed by atoms with van der Waals surface area (Å²) in [7, 11) is -6.00. The van der Waals surface area contributed by atoms with Gasteiger partial charge in [-0.3, -0.25) is 0 Å². The highest BCUT2D eigenvalue weighted by Crippen LogP contribution is 2.11. The second-order valence-corrected chi connectivity index (χ2v) is 7.73. The zero-order chi connectivity index (χ0) is 19.0. The third-order valence-corrected chi connectivity index (χ3v) is 5.01. The molecule has 0 aromatic carbocycles. The van der Waals surface area contributed by atoms with Gasteiger partial charge in [-0.15, -0.1) is 0 Å². The monoisotopic (exact) mass is 369 g/mol. The molecule has 1 aliphatic rings. The first-order valence-electron chi connectivity index (χ1n) is 10.5. The highest BCUT2D eigenvalue weighted by molar-refractivity contribution is 6.50. The lowest BCUT2D eigenvalue weighted by molar-refractivity contribution is -0.889. The average molecular weight is 369 g/mol. The van der Waals surface area contributed by atoms with Crippen molar-refractivity contribution in [3.05, 3.63) is 0 Å². The fourth-order valence-electron chi connectivity index (χ4n) is 3.59. The van der Waals surface area contributed by atoms with Crippen LogP contribution < -0.4 is 4.90 Å². The quantitative estimate of drug-likeness (QED) is 0.234. The van der Waals surface area contributed by atoms with Gasteiger partial charge >= 0.3 is 7.25 Å². The first-order chi connectivity index (χ1) is 11.8. The Kier molecular flexibility index (Phi) is 15.8. The van der Waals surface area contributed by atoms with Gasteiger partial charge in [0, 0.05) is 12.3 Å². The number of unbranched alkanes of at least 4 members (excludes halogenated alkanes) is 11. The molecule has 0 aromatic rings. The van der Waals surface area contributed by atoms with Gasteiger partial charge < -0.3 is 22.2 Å². The summed E-state index contributed by atoms with van der Waals surface area (Å²) in [6.45, 7) is 9.04. The van der Waals surface area contributed by atoms with E-state index in [2.05, 4.69) is 13.8 Å². The van der Waals surface area contributed by atoms with Crippen molar-refractivity contribution in [2.75, 3.05) is 19.6 Å². The SMILES string of the molecule is CCCCCCCCCCCCCC[NH+]1CCC(C)C1.F[B-](F)(F)F. The summed E-state index contributed by atoms with van der Waals surface area (Å²) in [5, 5.41) is 0. The van der Waals surface area contributed by atoms with Gasteiger partial charge in [-0.1, -0.05) is 78.1 Å². The molecular formula is C19H40BF4N. The maximum Gasteiger partial charge on any atom is 0.673 e. The molecule has 0 spiro atoms. The molecule has 1 aliphatic heterocycles. The van der Waals surface area contributed by atoms with Crippen LogP contribution in [0.25, 0.3) is 0 Å². The Morgan fingerprint density at radius 3 is 1.52 bits per heavy atom. The van der Waals surface area contributed by atoms with Gasteiger partial charge in [0.25, 0.3) is 0 Å². The van der Waals surface area contributed by atoms with Crippen LogP contribution in [-0.4, -0.2) is 26.9 Å². The Bertz CT molecular complexity index is 281. The number of hydrogen-bond acceptors (Lipinski definition) is 0. The highest BCUT2D eigenvalue weighted by atomic mass is 19.5. The van der Waals surface area contributed by atoms with Gasteiger partial charge in [0.05, 0.1) is 19.6 Å². The van der Waals surface area contributed by atoms with Crippen LogP contribution >= 0.6 is 0 Å². The molecule has 1 N–H and O–H groups in total. The van der Waals surface area contributed by atoms with E-state index in [-0.39, 0.29) is 0 Å². The molecule has 0 bridgehead atoms. The molecule has 0 aromatic heterocycles. The van der Waals surface area contributed by atoms with Gasteiger partial charge in [0.1, 0.15) is 0 Å². The van der Waals surface area contributed by atoms with E-state index >= 15 is 0 Å². The number of quaternary nitrogens is 1. The van der Waals surface area contributed by atoms with Gasteiger partial charge in [0.15, 0.2) is 0 Å². The first kappa shape index (κ1) is 24.7. The number of rotatable bonds is 13. The number of halogens is 4. The smallest absolute Gasteiger partial charge is 0.418 e. The molecule has 0 aliphatic carbocycles. The maximum absolute atomic E-state index is 9.75. The van der Waals surface area contributed by atoms with Crippen molar-refractivity contribution >= 4 is 7.25 Å². The van der Waals surface area contributed by atoms with Crippen molar-refractivity contribution < 1.29 is 22.2 Å². The zero-order valence-electron chi connectivity index (χ0n) is 16.5. The minimum absolute atomic E-state index is 0.988. The van der Waals surface area contributed by atoms with Crippen LogP contribution in [-0.2, 0) is 0 Å². The van der Waals surface area contributed by atoms with Crippen LogP contribution in [0.4, 0.5) is 17.3 Å². The third kappa shape index (κ3) is 21.7. The molecule has 1 heterocycles. The second-order valence-electron chi connectivity index (χ2n) is 7.73. The third-order valence-electron chi connectivity index (χ3n) is 5.01. The molecule has 0 radical (unpaired) electrons. The molecule has 152 valence electrons. The van der Waals surface area contributed by atoms with E-state index in [1.165, 1.54) is 103 Å². The molecule has 2 unspecified atom stereocenters. The van der Waals surface area contributed by atoms with Crippen LogP contribution in [0.1, 0.15) is 97.3 Å². The minimum Gasteiger partial charge on any atom is -0.418 e. The van der Waals surface area contributed by atoms with Crippen molar-refractivity contribution in [1.82, 2.24) is 0 Å². The van der Waals surface area contributed by atoms with Gasteiger partial charge in [-0.2, -0.15) is 0 Å². The molecule has 6 heteroatoms.